The van der Waals surface area contributed by atoms with Gasteiger partial charge in [0.2, 0.25) is 0 Å². The zero-order valence-electron chi connectivity index (χ0n) is 17.2. The summed E-state index contributed by atoms with van der Waals surface area (Å²) in [7, 11) is -2.42. The Morgan fingerprint density at radius 3 is 2.53 bits per heavy atom. The number of hydrogen-bond acceptors (Lipinski definition) is 5. The second kappa shape index (κ2) is 10.5. The summed E-state index contributed by atoms with van der Waals surface area (Å²) >= 11 is 5.68. The molecule has 0 radical (unpaired) electrons. The normalized spacial score (nSPS) is 11.2. The summed E-state index contributed by atoms with van der Waals surface area (Å²) in [5.41, 5.74) is 1.36. The number of carbonyl (C=O) groups excluding carboxylic acids is 1. The van der Waals surface area contributed by atoms with Crippen molar-refractivity contribution in [3.8, 4) is 0 Å². The number of benzene rings is 2. The zero-order chi connectivity index (χ0) is 23.1. The molecule has 0 aliphatic heterocycles. The lowest BCUT2D eigenvalue weighted by atomic mass is 10.1. The van der Waals surface area contributed by atoms with E-state index in [2.05, 4.69) is 9.71 Å². The van der Waals surface area contributed by atoms with Crippen LogP contribution >= 0.6 is 11.6 Å². The Labute approximate surface area is 190 Å². The van der Waals surface area contributed by atoms with Crippen molar-refractivity contribution < 1.29 is 22.3 Å². The van der Waals surface area contributed by atoms with Gasteiger partial charge in [0.15, 0.2) is 0 Å². The number of nitrogens with one attached hydrogen (secondary N) is 1. The Kier molecular flexibility index (Phi) is 7.79. The molecule has 3 aromatic rings. The van der Waals surface area contributed by atoms with Crippen LogP contribution in [0, 0.1) is 5.82 Å². The van der Waals surface area contributed by atoms with Gasteiger partial charge in [-0.25, -0.2) is 12.8 Å². The number of ether oxygens (including phenoxy) is 1. The molecule has 10 heteroatoms. The summed E-state index contributed by atoms with van der Waals surface area (Å²) in [6.07, 6.45) is 1.66. The SMILES string of the molecule is COCCN(Cc1ccccn1)C(=O)c1ccc(NS(=O)(=O)c2ccc(F)c(Cl)c2)cc1. The fourth-order valence-electron chi connectivity index (χ4n) is 2.86. The Balaban J connectivity index is 1.75. The van der Waals surface area contributed by atoms with Crippen LogP contribution in [0.2, 0.25) is 5.02 Å². The first-order valence-electron chi connectivity index (χ1n) is 9.56. The number of hydrogen-bond donors (Lipinski definition) is 1. The van der Waals surface area contributed by atoms with Crippen LogP contribution < -0.4 is 4.72 Å². The largest absolute Gasteiger partial charge is 0.383 e. The van der Waals surface area contributed by atoms with Crippen LogP contribution in [0.25, 0.3) is 0 Å². The molecule has 0 aliphatic carbocycles. The number of amides is 1. The molecule has 3 rings (SSSR count). The van der Waals surface area contributed by atoms with Gasteiger partial charge in [0, 0.05) is 31.1 Å². The third-order valence-corrected chi connectivity index (χ3v) is 6.19. The summed E-state index contributed by atoms with van der Waals surface area (Å²) in [6.45, 7) is 1.03. The van der Waals surface area contributed by atoms with Gasteiger partial charge in [-0.3, -0.25) is 14.5 Å². The molecule has 7 nitrogen and oxygen atoms in total. The highest BCUT2D eigenvalue weighted by Gasteiger charge is 2.19. The van der Waals surface area contributed by atoms with Crippen molar-refractivity contribution in [2.45, 2.75) is 11.4 Å². The van der Waals surface area contributed by atoms with Crippen molar-refractivity contribution in [3.05, 3.63) is 89.0 Å². The van der Waals surface area contributed by atoms with Gasteiger partial charge in [-0.2, -0.15) is 0 Å². The fourth-order valence-corrected chi connectivity index (χ4v) is 4.19. The lowest BCUT2D eigenvalue weighted by Gasteiger charge is -2.22. The van der Waals surface area contributed by atoms with Gasteiger partial charge in [0.25, 0.3) is 15.9 Å². The highest BCUT2D eigenvalue weighted by atomic mass is 35.5. The van der Waals surface area contributed by atoms with Gasteiger partial charge in [0.05, 0.1) is 28.8 Å². The number of sulfonamides is 1. The number of rotatable bonds is 9. The van der Waals surface area contributed by atoms with E-state index >= 15 is 0 Å². The van der Waals surface area contributed by atoms with E-state index in [4.69, 9.17) is 16.3 Å². The maximum Gasteiger partial charge on any atom is 0.261 e. The number of anilines is 1. The number of aromatic nitrogens is 1. The van der Waals surface area contributed by atoms with Crippen LogP contribution in [0.15, 0.2) is 71.8 Å². The van der Waals surface area contributed by atoms with Gasteiger partial charge in [-0.05, 0) is 54.6 Å². The molecule has 0 atom stereocenters. The fraction of sp³-hybridized carbons (Fsp3) is 0.182. The highest BCUT2D eigenvalue weighted by Crippen LogP contribution is 2.22. The van der Waals surface area contributed by atoms with Crippen molar-refractivity contribution in [3.63, 3.8) is 0 Å². The van der Waals surface area contributed by atoms with E-state index in [-0.39, 0.29) is 21.5 Å². The first-order chi connectivity index (χ1) is 15.3. The van der Waals surface area contributed by atoms with E-state index in [0.717, 1.165) is 23.9 Å². The van der Waals surface area contributed by atoms with E-state index in [9.17, 15) is 17.6 Å². The highest BCUT2D eigenvalue weighted by molar-refractivity contribution is 7.92. The molecular formula is C22H21ClFN3O4S. The number of carbonyl (C=O) groups is 1. The summed E-state index contributed by atoms with van der Waals surface area (Å²) in [4.78, 5) is 18.7. The van der Waals surface area contributed by atoms with Crippen molar-refractivity contribution in [2.75, 3.05) is 25.0 Å². The van der Waals surface area contributed by atoms with Crippen LogP contribution in [0.4, 0.5) is 10.1 Å². The van der Waals surface area contributed by atoms with Crippen molar-refractivity contribution >= 4 is 33.2 Å². The average Bonchev–Trinajstić information content (AvgIpc) is 2.79. The number of halogens is 2. The maximum absolute atomic E-state index is 13.3. The van der Waals surface area contributed by atoms with Crippen LogP contribution in [0.5, 0.6) is 0 Å². The molecule has 0 aliphatic rings. The van der Waals surface area contributed by atoms with Crippen molar-refractivity contribution in [1.82, 2.24) is 9.88 Å². The Morgan fingerprint density at radius 1 is 1.16 bits per heavy atom. The topological polar surface area (TPSA) is 88.6 Å². The monoisotopic (exact) mass is 477 g/mol. The molecule has 2 aromatic carbocycles. The van der Waals surface area contributed by atoms with Crippen molar-refractivity contribution in [2.24, 2.45) is 0 Å². The Hall–Kier alpha value is -3.01. The summed E-state index contributed by atoms with van der Waals surface area (Å²) in [5.74, 6) is -0.954. The lowest BCUT2D eigenvalue weighted by Crippen LogP contribution is -2.33. The van der Waals surface area contributed by atoms with Crippen molar-refractivity contribution in [1.29, 1.82) is 0 Å². The smallest absolute Gasteiger partial charge is 0.261 e. The lowest BCUT2D eigenvalue weighted by molar-refractivity contribution is 0.0678. The first-order valence-corrected chi connectivity index (χ1v) is 11.4. The minimum absolute atomic E-state index is 0.176. The maximum atomic E-state index is 13.3. The molecule has 1 heterocycles. The van der Waals surface area contributed by atoms with Gasteiger partial charge >= 0.3 is 0 Å². The van der Waals surface area contributed by atoms with Crippen LogP contribution in [0.3, 0.4) is 0 Å². The van der Waals surface area contributed by atoms with Crippen LogP contribution in [-0.4, -0.2) is 44.5 Å². The predicted octanol–water partition coefficient (Wildman–Crippen LogP) is 3.96. The van der Waals surface area contributed by atoms with E-state index in [1.807, 2.05) is 12.1 Å². The first kappa shape index (κ1) is 23.6. The second-order valence-electron chi connectivity index (χ2n) is 6.80. The molecule has 0 fully saturated rings. The van der Waals surface area contributed by atoms with E-state index < -0.39 is 15.8 Å². The van der Waals surface area contributed by atoms with E-state index in [0.29, 0.717) is 25.3 Å². The summed E-state index contributed by atoms with van der Waals surface area (Å²) in [5, 5.41) is -0.294. The van der Waals surface area contributed by atoms with Crippen LogP contribution in [-0.2, 0) is 21.3 Å². The third kappa shape index (κ3) is 6.03. The van der Waals surface area contributed by atoms with Gasteiger partial charge in [-0.15, -0.1) is 0 Å². The van der Waals surface area contributed by atoms with Crippen LogP contribution in [0.1, 0.15) is 16.1 Å². The summed E-state index contributed by atoms with van der Waals surface area (Å²) < 4.78 is 45.9. The predicted molar refractivity (Wildman–Crippen MR) is 120 cm³/mol. The number of pyridine rings is 1. The van der Waals surface area contributed by atoms with Gasteiger partial charge in [-0.1, -0.05) is 17.7 Å². The molecule has 1 N–H and O–H groups in total. The minimum Gasteiger partial charge on any atom is -0.383 e. The van der Waals surface area contributed by atoms with E-state index in [1.165, 1.54) is 24.3 Å². The molecule has 0 saturated carbocycles. The van der Waals surface area contributed by atoms with Gasteiger partial charge < -0.3 is 9.64 Å². The molecule has 0 bridgehead atoms. The molecular weight excluding hydrogens is 457 g/mol. The molecule has 1 amide bonds. The molecule has 0 unspecified atom stereocenters. The second-order valence-corrected chi connectivity index (χ2v) is 8.89. The Bertz CT molecular complexity index is 1180. The molecule has 32 heavy (non-hydrogen) atoms. The molecule has 0 spiro atoms. The molecule has 1 aromatic heterocycles. The quantitative estimate of drug-likeness (QED) is 0.504. The zero-order valence-corrected chi connectivity index (χ0v) is 18.7. The number of nitrogens with zero attached hydrogens (tertiary/aromatic N) is 2. The number of methoxy groups -OCH3 is 1. The minimum atomic E-state index is -3.98. The Morgan fingerprint density at radius 2 is 1.91 bits per heavy atom. The molecule has 0 saturated heterocycles. The van der Waals surface area contributed by atoms with Gasteiger partial charge in [0.1, 0.15) is 5.82 Å². The third-order valence-electron chi connectivity index (χ3n) is 4.52. The summed E-state index contributed by atoms with van der Waals surface area (Å²) in [6, 6.07) is 14.6. The molecule has 168 valence electrons. The average molecular weight is 478 g/mol. The standard InChI is InChI=1S/C22H21ClFN3O4S/c1-31-13-12-27(15-18-4-2-3-11-25-18)22(28)16-5-7-17(8-6-16)26-32(29,30)19-9-10-21(24)20(23)14-19/h2-11,14,26H,12-13,15H2,1H3. The van der Waals surface area contributed by atoms with E-state index in [1.54, 1.807) is 24.3 Å².